The molecule has 0 amide bonds. The van der Waals surface area contributed by atoms with Gasteiger partial charge in [0.1, 0.15) is 0 Å². The molecule has 1 aromatic heterocycles. The molecule has 0 aliphatic heterocycles. The van der Waals surface area contributed by atoms with E-state index in [1.54, 1.807) is 18.2 Å². The van der Waals surface area contributed by atoms with E-state index in [-0.39, 0.29) is 0 Å². The van der Waals surface area contributed by atoms with Crippen molar-refractivity contribution in [3.8, 4) is 11.5 Å². The lowest BCUT2D eigenvalue weighted by Crippen LogP contribution is -2.02. The molecule has 3 aromatic rings. The molecule has 0 aliphatic carbocycles. The lowest BCUT2D eigenvalue weighted by Gasteiger charge is -2.03. The van der Waals surface area contributed by atoms with E-state index in [0.717, 1.165) is 12.0 Å². The molecule has 0 atom stereocenters. The van der Waals surface area contributed by atoms with Gasteiger partial charge in [-0.1, -0.05) is 30.7 Å². The number of nitrogens with zero attached hydrogens (tertiary/aromatic N) is 1. The van der Waals surface area contributed by atoms with Crippen molar-refractivity contribution in [1.29, 1.82) is 0 Å². The third kappa shape index (κ3) is 2.32. The zero-order valence-electron chi connectivity index (χ0n) is 10.9. The highest BCUT2D eigenvalue weighted by Crippen LogP contribution is 2.21. The summed E-state index contributed by atoms with van der Waals surface area (Å²) in [4.78, 5) is 16.3. The van der Waals surface area contributed by atoms with E-state index in [2.05, 4.69) is 11.9 Å². The van der Waals surface area contributed by atoms with Crippen LogP contribution >= 0.6 is 11.6 Å². The molecule has 0 spiro atoms. The highest BCUT2D eigenvalue weighted by Gasteiger charge is 2.08. The Morgan fingerprint density at radius 2 is 1.90 bits per heavy atom. The third-order valence-electron chi connectivity index (χ3n) is 3.20. The van der Waals surface area contributed by atoms with E-state index >= 15 is 0 Å². The number of hydrogen-bond donors (Lipinski definition) is 0. The second-order valence-corrected chi connectivity index (χ2v) is 4.95. The molecule has 100 valence electrons. The first-order chi connectivity index (χ1) is 9.67. The minimum atomic E-state index is -0.402. The second kappa shape index (κ2) is 5.10. The van der Waals surface area contributed by atoms with Crippen molar-refractivity contribution in [2.75, 3.05) is 0 Å². The topological polar surface area (TPSA) is 43.1 Å². The SMILES string of the molecule is CCc1ccc(-c2nc3cc(Cl)ccc3c(=O)o2)cc1. The van der Waals surface area contributed by atoms with Crippen LogP contribution in [0.4, 0.5) is 0 Å². The summed E-state index contributed by atoms with van der Waals surface area (Å²) in [7, 11) is 0. The Hall–Kier alpha value is -2.13. The Bertz CT molecular complexity index is 822. The molecule has 0 bridgehead atoms. The van der Waals surface area contributed by atoms with Gasteiger partial charge in [-0.05, 0) is 42.3 Å². The van der Waals surface area contributed by atoms with Crippen LogP contribution in [0.5, 0.6) is 0 Å². The van der Waals surface area contributed by atoms with Crippen molar-refractivity contribution in [3.05, 3.63) is 63.5 Å². The molecule has 1 heterocycles. The fourth-order valence-electron chi connectivity index (χ4n) is 2.05. The van der Waals surface area contributed by atoms with Crippen LogP contribution in [0.2, 0.25) is 5.02 Å². The standard InChI is InChI=1S/C16H12ClNO2/c1-2-10-3-5-11(6-4-10)15-18-14-9-12(17)7-8-13(14)16(19)20-15/h3-9H,2H2,1H3. The number of rotatable bonds is 2. The molecule has 0 saturated carbocycles. The fourth-order valence-corrected chi connectivity index (χ4v) is 2.22. The lowest BCUT2D eigenvalue weighted by atomic mass is 10.1. The first-order valence-corrected chi connectivity index (χ1v) is 6.75. The Morgan fingerprint density at radius 3 is 2.60 bits per heavy atom. The number of aryl methyl sites for hydroxylation is 1. The van der Waals surface area contributed by atoms with Crippen LogP contribution < -0.4 is 5.63 Å². The molecule has 3 rings (SSSR count). The zero-order chi connectivity index (χ0) is 14.1. The Labute approximate surface area is 120 Å². The van der Waals surface area contributed by atoms with Gasteiger partial charge in [-0.15, -0.1) is 0 Å². The zero-order valence-corrected chi connectivity index (χ0v) is 11.6. The molecular formula is C16H12ClNO2. The van der Waals surface area contributed by atoms with Gasteiger partial charge in [0.25, 0.3) is 0 Å². The summed E-state index contributed by atoms with van der Waals surface area (Å²) in [6, 6.07) is 12.7. The maximum atomic E-state index is 12.0. The number of halogens is 1. The molecule has 0 radical (unpaired) electrons. The Kier molecular flexibility index (Phi) is 3.28. The summed E-state index contributed by atoms with van der Waals surface area (Å²) < 4.78 is 5.28. The molecule has 0 unspecified atom stereocenters. The predicted molar refractivity (Wildman–Crippen MR) is 80.1 cm³/mol. The van der Waals surface area contributed by atoms with Gasteiger partial charge in [-0.2, -0.15) is 0 Å². The minimum Gasteiger partial charge on any atom is -0.403 e. The van der Waals surface area contributed by atoms with Crippen LogP contribution in [0.25, 0.3) is 22.4 Å². The number of fused-ring (bicyclic) bond motifs is 1. The summed E-state index contributed by atoms with van der Waals surface area (Å²) in [6.45, 7) is 2.09. The first kappa shape index (κ1) is 12.9. The summed E-state index contributed by atoms with van der Waals surface area (Å²) in [5, 5.41) is 0.978. The van der Waals surface area contributed by atoms with Crippen LogP contribution in [-0.4, -0.2) is 4.98 Å². The van der Waals surface area contributed by atoms with Crippen LogP contribution in [-0.2, 0) is 6.42 Å². The van der Waals surface area contributed by atoms with Crippen LogP contribution in [0.15, 0.2) is 51.7 Å². The summed E-state index contributed by atoms with van der Waals surface area (Å²) in [5.74, 6) is 0.312. The fraction of sp³-hybridized carbons (Fsp3) is 0.125. The number of benzene rings is 2. The monoisotopic (exact) mass is 285 g/mol. The van der Waals surface area contributed by atoms with E-state index in [1.807, 2.05) is 24.3 Å². The highest BCUT2D eigenvalue weighted by molar-refractivity contribution is 6.31. The Balaban J connectivity index is 2.18. The van der Waals surface area contributed by atoms with Gasteiger partial charge in [0.05, 0.1) is 10.9 Å². The summed E-state index contributed by atoms with van der Waals surface area (Å²) in [5.41, 5.74) is 2.14. The molecule has 3 nitrogen and oxygen atoms in total. The van der Waals surface area contributed by atoms with Crippen LogP contribution in [0.3, 0.4) is 0 Å². The molecular weight excluding hydrogens is 274 g/mol. The van der Waals surface area contributed by atoms with Crippen LogP contribution in [0, 0.1) is 0 Å². The molecule has 0 fully saturated rings. The smallest absolute Gasteiger partial charge is 0.347 e. The van der Waals surface area contributed by atoms with Crippen molar-refractivity contribution >= 4 is 22.5 Å². The van der Waals surface area contributed by atoms with E-state index in [0.29, 0.717) is 21.8 Å². The minimum absolute atomic E-state index is 0.312. The van der Waals surface area contributed by atoms with Crippen molar-refractivity contribution in [1.82, 2.24) is 4.98 Å². The van der Waals surface area contributed by atoms with Gasteiger partial charge < -0.3 is 4.42 Å². The third-order valence-corrected chi connectivity index (χ3v) is 3.44. The molecule has 0 N–H and O–H groups in total. The van der Waals surface area contributed by atoms with E-state index < -0.39 is 5.63 Å². The average molecular weight is 286 g/mol. The largest absolute Gasteiger partial charge is 0.403 e. The molecule has 2 aromatic carbocycles. The van der Waals surface area contributed by atoms with Crippen molar-refractivity contribution < 1.29 is 4.42 Å². The van der Waals surface area contributed by atoms with Gasteiger partial charge in [-0.3, -0.25) is 0 Å². The second-order valence-electron chi connectivity index (χ2n) is 4.52. The van der Waals surface area contributed by atoms with E-state index in [4.69, 9.17) is 16.0 Å². The van der Waals surface area contributed by atoms with Gasteiger partial charge in [0.2, 0.25) is 5.89 Å². The van der Waals surface area contributed by atoms with E-state index in [9.17, 15) is 4.79 Å². The van der Waals surface area contributed by atoms with Gasteiger partial charge in [-0.25, -0.2) is 9.78 Å². The Morgan fingerprint density at radius 1 is 1.15 bits per heavy atom. The summed E-state index contributed by atoms with van der Waals surface area (Å²) >= 11 is 5.94. The quantitative estimate of drug-likeness (QED) is 0.713. The first-order valence-electron chi connectivity index (χ1n) is 6.37. The van der Waals surface area contributed by atoms with Gasteiger partial charge >= 0.3 is 5.63 Å². The van der Waals surface area contributed by atoms with Gasteiger partial charge in [0, 0.05) is 10.6 Å². The molecule has 0 aliphatic rings. The lowest BCUT2D eigenvalue weighted by molar-refractivity contribution is 0.518. The molecule has 4 heteroatoms. The predicted octanol–water partition coefficient (Wildman–Crippen LogP) is 4.07. The average Bonchev–Trinajstić information content (AvgIpc) is 2.46. The van der Waals surface area contributed by atoms with Crippen LogP contribution in [0.1, 0.15) is 12.5 Å². The number of aromatic nitrogens is 1. The highest BCUT2D eigenvalue weighted by atomic mass is 35.5. The normalized spacial score (nSPS) is 10.9. The number of hydrogen-bond acceptors (Lipinski definition) is 3. The maximum Gasteiger partial charge on any atom is 0.347 e. The van der Waals surface area contributed by atoms with E-state index in [1.165, 1.54) is 5.56 Å². The molecule has 0 saturated heterocycles. The van der Waals surface area contributed by atoms with Crippen molar-refractivity contribution in [2.45, 2.75) is 13.3 Å². The molecule has 20 heavy (non-hydrogen) atoms. The maximum absolute atomic E-state index is 12.0. The van der Waals surface area contributed by atoms with Crippen molar-refractivity contribution in [2.24, 2.45) is 0 Å². The van der Waals surface area contributed by atoms with Crippen molar-refractivity contribution in [3.63, 3.8) is 0 Å². The summed E-state index contributed by atoms with van der Waals surface area (Å²) in [6.07, 6.45) is 0.963. The van der Waals surface area contributed by atoms with Gasteiger partial charge in [0.15, 0.2) is 0 Å².